The van der Waals surface area contributed by atoms with Crippen molar-refractivity contribution in [1.82, 2.24) is 5.32 Å². The fraction of sp³-hybridized carbons (Fsp3) is 0.905. The van der Waals surface area contributed by atoms with Gasteiger partial charge in [0, 0.05) is 12.8 Å². The Bertz CT molecular complexity index is 1080. The molecule has 0 aromatic rings. The van der Waals surface area contributed by atoms with Crippen molar-refractivity contribution in [3.05, 3.63) is 24.3 Å². The predicted octanol–water partition coefficient (Wildman–Crippen LogP) is 19.4. The van der Waals surface area contributed by atoms with Crippen molar-refractivity contribution in [3.8, 4) is 0 Å². The smallest absolute Gasteiger partial charge is 0.305 e. The molecule has 1 amide bonds. The number of carbonyl (C=O) groups is 2. The molecule has 0 bridgehead atoms. The van der Waals surface area contributed by atoms with Gasteiger partial charge in [-0.05, 0) is 77.0 Å². The van der Waals surface area contributed by atoms with Crippen molar-refractivity contribution >= 4 is 11.9 Å². The molecule has 2 unspecified atom stereocenters. The summed E-state index contributed by atoms with van der Waals surface area (Å²) in [7, 11) is 0. The van der Waals surface area contributed by atoms with Gasteiger partial charge in [-0.1, -0.05) is 276 Å². The molecule has 6 heteroatoms. The molecule has 0 heterocycles. The SMILES string of the molecule is CCCCCCCC/C=C\CCCCCCCCCCCC(=O)OCCCCCCCCCCC/C=C\CCCCCCCCCC(=O)NC(CO)C(O)CCCCCCCCCCCCCCC. The molecule has 0 aliphatic carbocycles. The van der Waals surface area contributed by atoms with Gasteiger partial charge in [0.2, 0.25) is 5.91 Å². The highest BCUT2D eigenvalue weighted by Gasteiger charge is 2.20. The van der Waals surface area contributed by atoms with Crippen molar-refractivity contribution in [3.63, 3.8) is 0 Å². The number of aliphatic hydroxyl groups excluding tert-OH is 2. The van der Waals surface area contributed by atoms with E-state index in [4.69, 9.17) is 4.74 Å². The van der Waals surface area contributed by atoms with Crippen LogP contribution >= 0.6 is 0 Å². The Morgan fingerprint density at radius 2 is 0.681 bits per heavy atom. The highest BCUT2D eigenvalue weighted by atomic mass is 16.5. The summed E-state index contributed by atoms with van der Waals surface area (Å²) in [4.78, 5) is 24.6. The van der Waals surface area contributed by atoms with E-state index in [1.807, 2.05) is 0 Å². The van der Waals surface area contributed by atoms with Crippen LogP contribution in [-0.2, 0) is 14.3 Å². The first-order valence-electron chi connectivity index (χ1n) is 31.1. The molecule has 408 valence electrons. The highest BCUT2D eigenvalue weighted by molar-refractivity contribution is 5.76. The van der Waals surface area contributed by atoms with E-state index in [2.05, 4.69) is 43.5 Å². The zero-order valence-corrected chi connectivity index (χ0v) is 46.6. The van der Waals surface area contributed by atoms with Crippen LogP contribution in [0.25, 0.3) is 0 Å². The zero-order chi connectivity index (χ0) is 50.0. The summed E-state index contributed by atoms with van der Waals surface area (Å²) in [6.07, 6.45) is 71.8. The average molecular weight is 973 g/mol. The Balaban J connectivity index is 3.40. The molecule has 0 aromatic carbocycles. The Kier molecular flexibility index (Phi) is 57.5. The molecule has 0 saturated heterocycles. The molecule has 6 nitrogen and oxygen atoms in total. The lowest BCUT2D eigenvalue weighted by Gasteiger charge is -2.22. The Morgan fingerprint density at radius 1 is 0.391 bits per heavy atom. The Labute approximate surface area is 431 Å². The Morgan fingerprint density at radius 3 is 1.03 bits per heavy atom. The standard InChI is InChI=1S/C63H121NO5/c1-3-5-7-9-11-13-15-17-18-19-22-26-29-33-37-41-45-49-53-57-63(68)69-58-54-50-46-42-38-34-30-27-24-21-20-23-25-28-32-36-40-44-48-52-56-62(67)64-60(59-65)61(66)55-51-47-43-39-35-31-16-14-12-10-8-6-4-2/h17-18,20,23,60-61,65-66H,3-16,19,21-22,24-59H2,1-2H3,(H,64,67)/b18-17-,23-20-. The number of rotatable bonds is 58. The lowest BCUT2D eigenvalue weighted by Crippen LogP contribution is -2.45. The average Bonchev–Trinajstić information content (AvgIpc) is 3.35. The number of aliphatic hydroxyl groups is 2. The van der Waals surface area contributed by atoms with Crippen molar-refractivity contribution in [2.75, 3.05) is 13.2 Å². The maximum absolute atomic E-state index is 12.5. The largest absolute Gasteiger partial charge is 0.466 e. The lowest BCUT2D eigenvalue weighted by atomic mass is 10.0. The fourth-order valence-electron chi connectivity index (χ4n) is 9.69. The van der Waals surface area contributed by atoms with Gasteiger partial charge in [0.15, 0.2) is 0 Å². The fourth-order valence-corrected chi connectivity index (χ4v) is 9.69. The van der Waals surface area contributed by atoms with Gasteiger partial charge in [-0.3, -0.25) is 9.59 Å². The minimum Gasteiger partial charge on any atom is -0.466 e. The Hall–Kier alpha value is -1.66. The van der Waals surface area contributed by atoms with Crippen molar-refractivity contribution in [2.45, 2.75) is 353 Å². The third-order valence-electron chi connectivity index (χ3n) is 14.5. The second-order valence-electron chi connectivity index (χ2n) is 21.4. The minimum atomic E-state index is -0.669. The second kappa shape index (κ2) is 58.9. The molecule has 2 atom stereocenters. The van der Waals surface area contributed by atoms with Gasteiger partial charge in [0.25, 0.3) is 0 Å². The maximum Gasteiger partial charge on any atom is 0.305 e. The van der Waals surface area contributed by atoms with E-state index in [0.717, 1.165) is 44.9 Å². The first kappa shape index (κ1) is 67.3. The van der Waals surface area contributed by atoms with E-state index < -0.39 is 12.1 Å². The van der Waals surface area contributed by atoms with Crippen LogP contribution in [0.15, 0.2) is 24.3 Å². The van der Waals surface area contributed by atoms with E-state index in [9.17, 15) is 19.8 Å². The monoisotopic (exact) mass is 972 g/mol. The van der Waals surface area contributed by atoms with Crippen LogP contribution in [-0.4, -0.2) is 47.4 Å². The summed E-state index contributed by atoms with van der Waals surface area (Å²) in [5.74, 6) is -0.0365. The number of hydrogen-bond donors (Lipinski definition) is 3. The summed E-state index contributed by atoms with van der Waals surface area (Å²) in [6, 6.07) is -0.547. The van der Waals surface area contributed by atoms with Crippen LogP contribution in [0.5, 0.6) is 0 Å². The molecule has 3 N–H and O–H groups in total. The predicted molar refractivity (Wildman–Crippen MR) is 301 cm³/mol. The lowest BCUT2D eigenvalue weighted by molar-refractivity contribution is -0.143. The second-order valence-corrected chi connectivity index (χ2v) is 21.4. The molecule has 69 heavy (non-hydrogen) atoms. The molecular weight excluding hydrogens is 851 g/mol. The first-order chi connectivity index (χ1) is 34.0. The van der Waals surface area contributed by atoms with Gasteiger partial charge in [0.1, 0.15) is 0 Å². The zero-order valence-electron chi connectivity index (χ0n) is 46.6. The third-order valence-corrected chi connectivity index (χ3v) is 14.5. The molecule has 0 fully saturated rings. The quantitative estimate of drug-likeness (QED) is 0.0321. The summed E-state index contributed by atoms with van der Waals surface area (Å²) in [5.41, 5.74) is 0. The summed E-state index contributed by atoms with van der Waals surface area (Å²) in [6.45, 7) is 4.95. The van der Waals surface area contributed by atoms with Gasteiger partial charge in [-0.15, -0.1) is 0 Å². The number of hydrogen-bond acceptors (Lipinski definition) is 5. The molecular formula is C63H121NO5. The van der Waals surface area contributed by atoms with Gasteiger partial charge < -0.3 is 20.3 Å². The molecule has 0 rings (SSSR count). The number of esters is 1. The van der Waals surface area contributed by atoms with Gasteiger partial charge in [-0.2, -0.15) is 0 Å². The molecule has 0 saturated carbocycles. The van der Waals surface area contributed by atoms with Crippen LogP contribution in [0.3, 0.4) is 0 Å². The normalized spacial score (nSPS) is 12.7. The number of nitrogens with one attached hydrogen (secondary N) is 1. The van der Waals surface area contributed by atoms with E-state index >= 15 is 0 Å². The molecule has 0 aromatic heterocycles. The van der Waals surface area contributed by atoms with Gasteiger partial charge >= 0.3 is 5.97 Å². The number of unbranched alkanes of at least 4 members (excludes halogenated alkanes) is 43. The third kappa shape index (κ3) is 55.5. The summed E-state index contributed by atoms with van der Waals surface area (Å²) >= 11 is 0. The number of ether oxygens (including phenoxy) is 1. The summed E-state index contributed by atoms with van der Waals surface area (Å²) in [5, 5.41) is 23.2. The van der Waals surface area contributed by atoms with E-state index in [-0.39, 0.29) is 18.5 Å². The van der Waals surface area contributed by atoms with Crippen LogP contribution in [0.4, 0.5) is 0 Å². The number of amides is 1. The van der Waals surface area contributed by atoms with Gasteiger partial charge in [0.05, 0.1) is 25.4 Å². The van der Waals surface area contributed by atoms with E-state index in [1.54, 1.807) is 0 Å². The van der Waals surface area contributed by atoms with Crippen LogP contribution in [0.2, 0.25) is 0 Å². The molecule has 0 spiro atoms. The van der Waals surface area contributed by atoms with Crippen molar-refractivity contribution < 1.29 is 24.5 Å². The highest BCUT2D eigenvalue weighted by Crippen LogP contribution is 2.17. The minimum absolute atomic E-state index is 0.00620. The van der Waals surface area contributed by atoms with Crippen molar-refractivity contribution in [2.24, 2.45) is 0 Å². The van der Waals surface area contributed by atoms with Crippen molar-refractivity contribution in [1.29, 1.82) is 0 Å². The first-order valence-corrected chi connectivity index (χ1v) is 31.1. The van der Waals surface area contributed by atoms with Crippen LogP contribution < -0.4 is 5.32 Å². The van der Waals surface area contributed by atoms with Gasteiger partial charge in [-0.25, -0.2) is 0 Å². The molecule has 0 aliphatic rings. The maximum atomic E-state index is 12.5. The molecule has 0 aliphatic heterocycles. The molecule has 0 radical (unpaired) electrons. The van der Waals surface area contributed by atoms with Crippen LogP contribution in [0.1, 0.15) is 341 Å². The van der Waals surface area contributed by atoms with E-state index in [0.29, 0.717) is 25.9 Å². The number of carbonyl (C=O) groups excluding carboxylic acids is 2. The van der Waals surface area contributed by atoms with E-state index in [1.165, 1.54) is 263 Å². The topological polar surface area (TPSA) is 95.9 Å². The summed E-state index contributed by atoms with van der Waals surface area (Å²) < 4.78 is 5.49. The number of allylic oxidation sites excluding steroid dienone is 4. The van der Waals surface area contributed by atoms with Crippen LogP contribution in [0, 0.1) is 0 Å².